The van der Waals surface area contributed by atoms with Gasteiger partial charge in [0.05, 0.1) is 60.9 Å². The molecule has 0 amide bonds. The van der Waals surface area contributed by atoms with Crippen molar-refractivity contribution in [1.29, 1.82) is 0 Å². The molecule has 0 saturated heterocycles. The van der Waals surface area contributed by atoms with Gasteiger partial charge in [-0.05, 0) is 111 Å². The maximum absolute atomic E-state index is 5.63. The molecule has 504 valence electrons. The number of hydrogen-bond acceptors (Lipinski definition) is 6. The summed E-state index contributed by atoms with van der Waals surface area (Å²) in [5.74, 6) is 3.21. The van der Waals surface area contributed by atoms with Crippen LogP contribution < -0.4 is 20.7 Å². The van der Waals surface area contributed by atoms with Crippen molar-refractivity contribution in [3.05, 3.63) is 370 Å². The lowest BCUT2D eigenvalue weighted by Gasteiger charge is -2.34. The number of para-hydroxylation sites is 10. The average Bonchev–Trinajstić information content (AvgIpc) is 1.06. The first-order valence-electron chi connectivity index (χ1n) is 36.5. The molecule has 11 nitrogen and oxygen atoms in total. The van der Waals surface area contributed by atoms with E-state index in [2.05, 4.69) is 393 Å². The molecule has 0 N–H and O–H groups in total. The first kappa shape index (κ1) is 61.1. The molecule has 0 radical (unpaired) electrons. The van der Waals surface area contributed by atoms with Crippen LogP contribution in [0.15, 0.2) is 370 Å². The van der Waals surface area contributed by atoms with Gasteiger partial charge in [-0.2, -0.15) is 29.9 Å². The fraction of sp³-hybridized carbons (Fsp3) is 0. The Morgan fingerprint density at radius 2 is 0.472 bits per heavy atom. The Labute approximate surface area is 620 Å². The molecule has 7 aromatic heterocycles. The third-order valence-electron chi connectivity index (χ3n) is 22.0. The van der Waals surface area contributed by atoms with Crippen molar-refractivity contribution in [3.63, 3.8) is 0 Å². The molecule has 15 aromatic carbocycles. The molecule has 12 heteroatoms. The highest BCUT2D eigenvalue weighted by atomic mass is 28.3. The number of benzene rings is 15. The van der Waals surface area contributed by atoms with Gasteiger partial charge in [-0.3, -0.25) is 18.3 Å². The lowest BCUT2D eigenvalue weighted by Crippen LogP contribution is -2.74. The van der Waals surface area contributed by atoms with Crippen molar-refractivity contribution in [1.82, 2.24) is 52.7 Å². The van der Waals surface area contributed by atoms with Crippen LogP contribution in [0.4, 0.5) is 0 Å². The van der Waals surface area contributed by atoms with Crippen molar-refractivity contribution in [2.24, 2.45) is 0 Å². The predicted molar refractivity (Wildman–Crippen MR) is 445 cm³/mol. The van der Waals surface area contributed by atoms with Gasteiger partial charge in [-0.1, -0.05) is 291 Å². The zero-order chi connectivity index (χ0) is 71.0. The lowest BCUT2D eigenvalue weighted by atomic mass is 10.0. The van der Waals surface area contributed by atoms with Crippen LogP contribution in [-0.2, 0) is 0 Å². The second-order valence-corrected chi connectivity index (χ2v) is 31.5. The van der Waals surface area contributed by atoms with Crippen LogP contribution in [0.3, 0.4) is 0 Å². The molecule has 22 aromatic rings. The van der Waals surface area contributed by atoms with Gasteiger partial charge in [0.1, 0.15) is 0 Å². The van der Waals surface area contributed by atoms with Crippen molar-refractivity contribution in [2.45, 2.75) is 0 Å². The summed E-state index contributed by atoms with van der Waals surface area (Å²) in [5.41, 5.74) is 15.1. The van der Waals surface area contributed by atoms with E-state index in [0.29, 0.717) is 35.4 Å². The Morgan fingerprint density at radius 3 is 0.870 bits per heavy atom. The van der Waals surface area contributed by atoms with Crippen molar-refractivity contribution in [3.8, 4) is 63.4 Å². The van der Waals surface area contributed by atoms with Crippen LogP contribution in [0.5, 0.6) is 0 Å². The molecule has 0 fully saturated rings. The minimum atomic E-state index is -3.22. The summed E-state index contributed by atoms with van der Waals surface area (Å²) in [4.78, 5) is 33.4. The Morgan fingerprint density at radius 1 is 0.176 bits per heavy atom. The number of aromatic nitrogens is 11. The molecular formula is C96H61N11Si. The van der Waals surface area contributed by atoms with E-state index in [1.54, 1.807) is 0 Å². The minimum Gasteiger partial charge on any atom is -0.309 e. The normalized spacial score (nSPS) is 12.1. The topological polar surface area (TPSA) is 102 Å². The smallest absolute Gasteiger partial charge is 0.240 e. The highest BCUT2D eigenvalue weighted by Crippen LogP contribution is 2.41. The van der Waals surface area contributed by atoms with E-state index in [1.165, 1.54) is 31.5 Å². The van der Waals surface area contributed by atoms with Crippen molar-refractivity contribution in [2.75, 3.05) is 0 Å². The quantitative estimate of drug-likeness (QED) is 0.0892. The molecular weight excluding hydrogens is 1340 g/mol. The molecule has 0 aliphatic heterocycles. The van der Waals surface area contributed by atoms with Gasteiger partial charge >= 0.3 is 0 Å². The number of rotatable bonds is 12. The van der Waals surface area contributed by atoms with Crippen LogP contribution in [0.2, 0.25) is 0 Å². The Hall–Kier alpha value is -14.5. The minimum absolute atomic E-state index is 0.507. The first-order valence-corrected chi connectivity index (χ1v) is 38.5. The van der Waals surface area contributed by atoms with Crippen LogP contribution >= 0.6 is 0 Å². The monoisotopic (exact) mass is 1400 g/mol. The molecule has 0 saturated carbocycles. The fourth-order valence-electron chi connectivity index (χ4n) is 17.4. The van der Waals surface area contributed by atoms with E-state index in [0.717, 1.165) is 126 Å². The molecule has 0 spiro atoms. The Kier molecular flexibility index (Phi) is 13.8. The van der Waals surface area contributed by atoms with Gasteiger partial charge in [0.2, 0.25) is 23.8 Å². The van der Waals surface area contributed by atoms with Gasteiger partial charge in [0.25, 0.3) is 0 Å². The van der Waals surface area contributed by atoms with Crippen molar-refractivity contribution >= 4 is 138 Å². The molecule has 0 atom stereocenters. The maximum atomic E-state index is 5.63. The van der Waals surface area contributed by atoms with Crippen LogP contribution in [0.25, 0.3) is 172 Å². The van der Waals surface area contributed by atoms with Gasteiger partial charge in [0.15, 0.2) is 19.7 Å². The third kappa shape index (κ3) is 9.27. The largest absolute Gasteiger partial charge is 0.309 e. The van der Waals surface area contributed by atoms with Gasteiger partial charge in [0, 0.05) is 65.0 Å². The van der Waals surface area contributed by atoms with Crippen LogP contribution in [0.1, 0.15) is 0 Å². The van der Waals surface area contributed by atoms with Crippen LogP contribution in [-0.4, -0.2) is 60.8 Å². The van der Waals surface area contributed by atoms with Crippen molar-refractivity contribution < 1.29 is 0 Å². The second kappa shape index (κ2) is 24.3. The SMILES string of the molecule is c1ccc([Si](c2ccccc2)(c2ccc(-c3ccc4c(c3)c3ccccc3n4-c3nc(-c4ccccc4-n4c5ccccc5c5ccccc54)nc(-n4c5ccccc5c5ccccc54)n3)cc2)c2cccc(-c3nc(-n4c5ccccc5c5ccccc54)nc(-n4c5ccccc5c5ccccc54)n3)c2)cc1. The van der Waals surface area contributed by atoms with E-state index in [1.807, 2.05) is 0 Å². The van der Waals surface area contributed by atoms with Crippen LogP contribution in [0, 0.1) is 0 Å². The highest BCUT2D eigenvalue weighted by Gasteiger charge is 2.42. The Bertz CT molecular complexity index is 7010. The van der Waals surface area contributed by atoms with Gasteiger partial charge in [-0.15, -0.1) is 0 Å². The summed E-state index contributed by atoms with van der Waals surface area (Å²) in [6.07, 6.45) is 0. The zero-order valence-corrected chi connectivity index (χ0v) is 59.1. The van der Waals surface area contributed by atoms with E-state index >= 15 is 0 Å². The average molecular weight is 1400 g/mol. The predicted octanol–water partition coefficient (Wildman–Crippen LogP) is 19.9. The zero-order valence-electron chi connectivity index (χ0n) is 58.1. The summed E-state index contributed by atoms with van der Waals surface area (Å²) in [5, 5.41) is 16.2. The number of nitrogens with zero attached hydrogens (tertiary/aromatic N) is 11. The molecule has 0 unspecified atom stereocenters. The molecule has 108 heavy (non-hydrogen) atoms. The molecule has 0 aliphatic rings. The molecule has 22 rings (SSSR count). The number of fused-ring (bicyclic) bond motifs is 15. The number of hydrogen-bond donors (Lipinski definition) is 0. The van der Waals surface area contributed by atoms with E-state index < -0.39 is 8.07 Å². The summed E-state index contributed by atoms with van der Waals surface area (Å²) in [7, 11) is -3.22. The first-order chi connectivity index (χ1) is 53.6. The standard InChI is InChI=1S/C96H61N11Si/c1-3-29-65(30-4-1)108(66-31-5-2-6-32-66,68-33-27-28-64(60-68)91-97-93(104-82-46-19-9-36-71(82)72-37-10-20-47-83(72)104)101-94(98-91)105-84-48-21-11-38-73(84)74-39-12-22-49-85(74)105)67-57-54-62(55-58-67)63-56-59-90-79(61-63)77-42-15-25-52-88(77)107(90)96-100-92(99-95(102-96)106-86-50-23-13-40-75(86)76-41-14-24-51-87(76)106)78-43-16-26-53-89(78)103-80-44-17-7-34-69(80)70-35-8-18-45-81(70)103/h1-61H. The summed E-state index contributed by atoms with van der Waals surface area (Å²) in [6.45, 7) is 0. The van der Waals surface area contributed by atoms with Gasteiger partial charge in [-0.25, -0.2) is 0 Å². The summed E-state index contributed by atoms with van der Waals surface area (Å²) in [6, 6.07) is 133. The maximum Gasteiger partial charge on any atom is 0.240 e. The molecule has 0 bridgehead atoms. The lowest BCUT2D eigenvalue weighted by molar-refractivity contribution is 0.891. The second-order valence-electron chi connectivity index (χ2n) is 27.7. The van der Waals surface area contributed by atoms with Gasteiger partial charge < -0.3 is 4.57 Å². The molecule has 7 heterocycles. The van der Waals surface area contributed by atoms with E-state index in [4.69, 9.17) is 29.9 Å². The third-order valence-corrected chi connectivity index (χ3v) is 26.8. The molecule has 0 aliphatic carbocycles. The van der Waals surface area contributed by atoms with E-state index in [-0.39, 0.29) is 0 Å². The highest BCUT2D eigenvalue weighted by molar-refractivity contribution is 7.20. The summed E-state index contributed by atoms with van der Waals surface area (Å²) >= 11 is 0. The summed E-state index contributed by atoms with van der Waals surface area (Å²) < 4.78 is 11.2. The Balaban J connectivity index is 0.708. The van der Waals surface area contributed by atoms with E-state index in [9.17, 15) is 0 Å². The fourth-order valence-corrected chi connectivity index (χ4v) is 22.1.